The maximum absolute atomic E-state index is 12.7. The SMILES string of the molecule is CCOCC(NC(C)c1cccc(C(F)(F)F)c1)C(C)C. The molecule has 120 valence electrons. The number of rotatable bonds is 7. The van der Waals surface area contributed by atoms with E-state index in [1.54, 1.807) is 6.07 Å². The number of nitrogens with one attached hydrogen (secondary N) is 1. The van der Waals surface area contributed by atoms with Crippen molar-refractivity contribution < 1.29 is 17.9 Å². The summed E-state index contributed by atoms with van der Waals surface area (Å²) in [6.45, 7) is 9.11. The third-order valence-electron chi connectivity index (χ3n) is 3.48. The van der Waals surface area contributed by atoms with Gasteiger partial charge in [0.15, 0.2) is 0 Å². The Bertz CT molecular complexity index is 432. The molecule has 1 aromatic rings. The summed E-state index contributed by atoms with van der Waals surface area (Å²) in [6, 6.07) is 5.40. The highest BCUT2D eigenvalue weighted by Crippen LogP contribution is 2.30. The monoisotopic (exact) mass is 303 g/mol. The van der Waals surface area contributed by atoms with Crippen LogP contribution in [0.2, 0.25) is 0 Å². The molecule has 0 aliphatic heterocycles. The Labute approximate surface area is 124 Å². The van der Waals surface area contributed by atoms with Gasteiger partial charge in [-0.2, -0.15) is 13.2 Å². The Morgan fingerprint density at radius 3 is 2.38 bits per heavy atom. The molecule has 21 heavy (non-hydrogen) atoms. The molecule has 0 fully saturated rings. The Kier molecular flexibility index (Phi) is 6.68. The van der Waals surface area contributed by atoms with Gasteiger partial charge in [0, 0.05) is 18.7 Å². The van der Waals surface area contributed by atoms with Crippen LogP contribution in [0.25, 0.3) is 0 Å². The molecule has 2 unspecified atom stereocenters. The first-order valence-corrected chi connectivity index (χ1v) is 7.26. The minimum Gasteiger partial charge on any atom is -0.380 e. The normalized spacial score (nSPS) is 15.2. The minimum atomic E-state index is -4.31. The predicted octanol–water partition coefficient (Wildman–Crippen LogP) is 4.42. The van der Waals surface area contributed by atoms with Crippen LogP contribution in [0.1, 0.15) is 44.9 Å². The molecule has 0 radical (unpaired) electrons. The molecule has 0 aliphatic carbocycles. The smallest absolute Gasteiger partial charge is 0.380 e. The van der Waals surface area contributed by atoms with Gasteiger partial charge in [0.2, 0.25) is 0 Å². The maximum atomic E-state index is 12.7. The van der Waals surface area contributed by atoms with Gasteiger partial charge in [-0.1, -0.05) is 26.0 Å². The Balaban J connectivity index is 2.80. The van der Waals surface area contributed by atoms with Crippen LogP contribution in [-0.4, -0.2) is 19.3 Å². The van der Waals surface area contributed by atoms with Crippen molar-refractivity contribution >= 4 is 0 Å². The lowest BCUT2D eigenvalue weighted by molar-refractivity contribution is -0.137. The van der Waals surface area contributed by atoms with Gasteiger partial charge in [0.1, 0.15) is 0 Å². The molecule has 2 atom stereocenters. The molecule has 0 heterocycles. The van der Waals surface area contributed by atoms with Gasteiger partial charge in [0.05, 0.1) is 12.2 Å². The van der Waals surface area contributed by atoms with Crippen LogP contribution in [0.4, 0.5) is 13.2 Å². The van der Waals surface area contributed by atoms with Crippen LogP contribution >= 0.6 is 0 Å². The second kappa shape index (κ2) is 7.80. The lowest BCUT2D eigenvalue weighted by atomic mass is 10.0. The van der Waals surface area contributed by atoms with E-state index in [1.165, 1.54) is 12.1 Å². The summed E-state index contributed by atoms with van der Waals surface area (Å²) < 4.78 is 43.7. The van der Waals surface area contributed by atoms with Crippen molar-refractivity contribution in [3.63, 3.8) is 0 Å². The van der Waals surface area contributed by atoms with Gasteiger partial charge in [-0.25, -0.2) is 0 Å². The van der Waals surface area contributed by atoms with Crippen LogP contribution in [0.15, 0.2) is 24.3 Å². The van der Waals surface area contributed by atoms with E-state index in [0.29, 0.717) is 24.7 Å². The maximum Gasteiger partial charge on any atom is 0.416 e. The zero-order valence-electron chi connectivity index (χ0n) is 13.0. The van der Waals surface area contributed by atoms with Crippen LogP contribution in [-0.2, 0) is 10.9 Å². The highest BCUT2D eigenvalue weighted by molar-refractivity contribution is 5.27. The first-order valence-electron chi connectivity index (χ1n) is 7.26. The summed E-state index contributed by atoms with van der Waals surface area (Å²) in [6.07, 6.45) is -4.31. The average Bonchev–Trinajstić information content (AvgIpc) is 2.42. The predicted molar refractivity (Wildman–Crippen MR) is 78.1 cm³/mol. The number of hydrogen-bond donors (Lipinski definition) is 1. The van der Waals surface area contributed by atoms with Crippen molar-refractivity contribution in [3.8, 4) is 0 Å². The fourth-order valence-corrected chi connectivity index (χ4v) is 2.08. The first-order chi connectivity index (χ1) is 9.75. The third-order valence-corrected chi connectivity index (χ3v) is 3.48. The highest BCUT2D eigenvalue weighted by Gasteiger charge is 2.30. The van der Waals surface area contributed by atoms with Gasteiger partial charge < -0.3 is 10.1 Å². The molecule has 0 spiro atoms. The van der Waals surface area contributed by atoms with Crippen molar-refractivity contribution in [2.45, 2.75) is 46.0 Å². The molecule has 1 aromatic carbocycles. The second-order valence-corrected chi connectivity index (χ2v) is 5.52. The van der Waals surface area contributed by atoms with Gasteiger partial charge >= 0.3 is 6.18 Å². The number of hydrogen-bond acceptors (Lipinski definition) is 2. The molecular formula is C16H24F3NO. The molecule has 0 bridgehead atoms. The quantitative estimate of drug-likeness (QED) is 0.805. The fourth-order valence-electron chi connectivity index (χ4n) is 2.08. The number of halogens is 3. The molecular weight excluding hydrogens is 279 g/mol. The largest absolute Gasteiger partial charge is 0.416 e. The lowest BCUT2D eigenvalue weighted by Gasteiger charge is -2.27. The molecule has 0 aromatic heterocycles. The molecule has 0 aliphatic rings. The van der Waals surface area contributed by atoms with Crippen molar-refractivity contribution in [2.24, 2.45) is 5.92 Å². The molecule has 2 nitrogen and oxygen atoms in total. The lowest BCUT2D eigenvalue weighted by Crippen LogP contribution is -2.39. The molecule has 0 saturated heterocycles. The van der Waals surface area contributed by atoms with E-state index < -0.39 is 11.7 Å². The molecule has 0 amide bonds. The van der Waals surface area contributed by atoms with E-state index in [4.69, 9.17) is 4.74 Å². The summed E-state index contributed by atoms with van der Waals surface area (Å²) in [5, 5.41) is 3.35. The third kappa shape index (κ3) is 5.67. The summed E-state index contributed by atoms with van der Waals surface area (Å²) in [5.41, 5.74) is 0.0199. The van der Waals surface area contributed by atoms with Gasteiger partial charge in [-0.3, -0.25) is 0 Å². The average molecular weight is 303 g/mol. The highest BCUT2D eigenvalue weighted by atomic mass is 19.4. The van der Waals surface area contributed by atoms with Crippen molar-refractivity contribution in [2.75, 3.05) is 13.2 Å². The van der Waals surface area contributed by atoms with E-state index in [1.807, 2.05) is 13.8 Å². The van der Waals surface area contributed by atoms with E-state index in [0.717, 1.165) is 6.07 Å². The molecule has 1 N–H and O–H groups in total. The fraction of sp³-hybridized carbons (Fsp3) is 0.625. The van der Waals surface area contributed by atoms with E-state index >= 15 is 0 Å². The van der Waals surface area contributed by atoms with E-state index in [9.17, 15) is 13.2 Å². The molecule has 5 heteroatoms. The Morgan fingerprint density at radius 2 is 1.86 bits per heavy atom. The zero-order chi connectivity index (χ0) is 16.0. The summed E-state index contributed by atoms with van der Waals surface area (Å²) >= 11 is 0. The summed E-state index contributed by atoms with van der Waals surface area (Å²) in [7, 11) is 0. The number of benzene rings is 1. The summed E-state index contributed by atoms with van der Waals surface area (Å²) in [4.78, 5) is 0. The van der Waals surface area contributed by atoms with Crippen molar-refractivity contribution in [3.05, 3.63) is 35.4 Å². The Hall–Kier alpha value is -1.07. The molecule has 0 saturated carbocycles. The van der Waals surface area contributed by atoms with Gasteiger partial charge in [-0.05, 0) is 37.5 Å². The zero-order valence-corrected chi connectivity index (χ0v) is 13.0. The van der Waals surface area contributed by atoms with Crippen LogP contribution in [0.5, 0.6) is 0 Å². The van der Waals surface area contributed by atoms with Crippen molar-refractivity contribution in [1.29, 1.82) is 0 Å². The van der Waals surface area contributed by atoms with Crippen LogP contribution in [0, 0.1) is 5.92 Å². The number of alkyl halides is 3. The number of ether oxygens (including phenoxy) is 1. The second-order valence-electron chi connectivity index (χ2n) is 5.52. The van der Waals surface area contributed by atoms with Gasteiger partial charge in [0.25, 0.3) is 0 Å². The van der Waals surface area contributed by atoms with Crippen LogP contribution < -0.4 is 5.32 Å². The van der Waals surface area contributed by atoms with E-state index in [2.05, 4.69) is 19.2 Å². The standard InChI is InChI=1S/C16H24F3NO/c1-5-21-10-15(11(2)3)20-12(4)13-7-6-8-14(9-13)16(17,18)19/h6-9,11-12,15,20H,5,10H2,1-4H3. The topological polar surface area (TPSA) is 21.3 Å². The van der Waals surface area contributed by atoms with Crippen LogP contribution in [0.3, 0.4) is 0 Å². The van der Waals surface area contributed by atoms with Crippen molar-refractivity contribution in [1.82, 2.24) is 5.32 Å². The summed E-state index contributed by atoms with van der Waals surface area (Å²) in [5.74, 6) is 0.338. The Morgan fingerprint density at radius 1 is 1.19 bits per heavy atom. The van der Waals surface area contributed by atoms with Gasteiger partial charge in [-0.15, -0.1) is 0 Å². The molecule has 1 rings (SSSR count). The minimum absolute atomic E-state index is 0.106. The van der Waals surface area contributed by atoms with E-state index in [-0.39, 0.29) is 12.1 Å². The first kappa shape index (κ1) is 18.0.